The maximum absolute atomic E-state index is 13.5. The molecule has 3 unspecified atom stereocenters. The number of carbonyl (C=O) groups is 3. The average Bonchev–Trinajstić information content (AvgIpc) is 3.31. The van der Waals surface area contributed by atoms with Gasteiger partial charge in [-0.25, -0.2) is 0 Å². The molecule has 0 radical (unpaired) electrons. The van der Waals surface area contributed by atoms with E-state index in [4.69, 9.17) is 11.6 Å². The Kier molecular flexibility index (Phi) is 5.76. The fraction of sp³-hybridized carbons (Fsp3) is 0.571. The lowest BCUT2D eigenvalue weighted by Gasteiger charge is -2.38. The first-order valence-electron chi connectivity index (χ1n) is 10.2. The third kappa shape index (κ3) is 3.11. The summed E-state index contributed by atoms with van der Waals surface area (Å²) in [7, 11) is 1.59. The van der Waals surface area contributed by atoms with Crippen molar-refractivity contribution in [3.8, 4) is 0 Å². The van der Waals surface area contributed by atoms with Gasteiger partial charge in [0, 0.05) is 36.2 Å². The van der Waals surface area contributed by atoms with E-state index in [-0.39, 0.29) is 42.0 Å². The van der Waals surface area contributed by atoms with Crippen molar-refractivity contribution in [3.63, 3.8) is 0 Å². The Bertz CT molecular complexity index is 866. The van der Waals surface area contributed by atoms with E-state index >= 15 is 0 Å². The number of nitrogens with zero attached hydrogens (tertiary/aromatic N) is 1. The van der Waals surface area contributed by atoms with E-state index < -0.39 is 22.6 Å². The van der Waals surface area contributed by atoms with Crippen LogP contribution < -0.4 is 10.6 Å². The minimum Gasteiger partial charge on any atom is -0.396 e. The molecule has 162 valence electrons. The number of likely N-dealkylation sites (tertiary alicyclic amines) is 1. The molecular weight excluding hydrogens is 426 g/mol. The fourth-order valence-electron chi connectivity index (χ4n) is 5.51. The third-order valence-electron chi connectivity index (χ3n) is 6.71. The molecule has 4 rings (SSSR count). The second kappa shape index (κ2) is 8.05. The highest BCUT2D eigenvalue weighted by Crippen LogP contribution is 2.68. The lowest BCUT2D eigenvalue weighted by Crippen LogP contribution is -2.55. The van der Waals surface area contributed by atoms with Crippen LogP contribution in [0.1, 0.15) is 19.8 Å². The SMILES string of the molecule is CNC(=O)[C@@H]1[C@@H]2CC(C)C3(S2)C(C(=O)Nc2ccc(Cl)cc2)N(CCCO)C(=O)[C@H]13. The molecule has 3 amide bonds. The maximum atomic E-state index is 13.5. The number of rotatable bonds is 6. The molecule has 0 aromatic heterocycles. The first kappa shape index (κ1) is 21.5. The number of thioether (sulfide) groups is 1. The summed E-state index contributed by atoms with van der Waals surface area (Å²) in [5.41, 5.74) is 0.604. The lowest BCUT2D eigenvalue weighted by molar-refractivity contribution is -0.139. The number of nitrogens with one attached hydrogen (secondary N) is 2. The van der Waals surface area contributed by atoms with Crippen molar-refractivity contribution in [2.75, 3.05) is 25.5 Å². The number of anilines is 1. The molecule has 30 heavy (non-hydrogen) atoms. The number of hydrogen-bond donors (Lipinski definition) is 3. The largest absolute Gasteiger partial charge is 0.396 e. The molecule has 3 aliphatic heterocycles. The quantitative estimate of drug-likeness (QED) is 0.612. The van der Waals surface area contributed by atoms with Crippen molar-refractivity contribution in [1.82, 2.24) is 10.2 Å². The number of amides is 3. The summed E-state index contributed by atoms with van der Waals surface area (Å²) < 4.78 is -0.648. The van der Waals surface area contributed by atoms with Gasteiger partial charge in [0.1, 0.15) is 6.04 Å². The van der Waals surface area contributed by atoms with E-state index in [2.05, 4.69) is 17.6 Å². The van der Waals surface area contributed by atoms with Crippen LogP contribution in [0.2, 0.25) is 5.02 Å². The summed E-state index contributed by atoms with van der Waals surface area (Å²) in [6, 6.07) is 6.14. The summed E-state index contributed by atoms with van der Waals surface area (Å²) in [5.74, 6) is -1.41. The number of halogens is 1. The van der Waals surface area contributed by atoms with Gasteiger partial charge in [0.05, 0.1) is 16.6 Å². The second-order valence-electron chi connectivity index (χ2n) is 8.27. The van der Waals surface area contributed by atoms with E-state index in [0.717, 1.165) is 6.42 Å². The number of aliphatic hydroxyl groups excluding tert-OH is 1. The van der Waals surface area contributed by atoms with Crippen molar-refractivity contribution in [2.45, 2.75) is 35.8 Å². The summed E-state index contributed by atoms with van der Waals surface area (Å²) in [4.78, 5) is 41.3. The Labute approximate surface area is 184 Å². The molecular formula is C21H26ClN3O4S. The van der Waals surface area contributed by atoms with Crippen LogP contribution in [-0.4, -0.2) is 64.0 Å². The third-order valence-corrected chi connectivity index (χ3v) is 9.04. The Balaban J connectivity index is 1.72. The second-order valence-corrected chi connectivity index (χ2v) is 10.3. The van der Waals surface area contributed by atoms with Gasteiger partial charge in [0.25, 0.3) is 0 Å². The Morgan fingerprint density at radius 2 is 2.00 bits per heavy atom. The van der Waals surface area contributed by atoms with Crippen LogP contribution in [0.3, 0.4) is 0 Å². The van der Waals surface area contributed by atoms with Crippen LogP contribution >= 0.6 is 23.4 Å². The molecule has 2 bridgehead atoms. The van der Waals surface area contributed by atoms with E-state index in [1.807, 2.05) is 0 Å². The number of benzene rings is 1. The molecule has 9 heteroatoms. The summed E-state index contributed by atoms with van der Waals surface area (Å²) in [6.45, 7) is 2.29. The Morgan fingerprint density at radius 3 is 2.63 bits per heavy atom. The van der Waals surface area contributed by atoms with Gasteiger partial charge in [-0.05, 0) is 43.0 Å². The van der Waals surface area contributed by atoms with E-state index in [1.54, 1.807) is 48.0 Å². The van der Waals surface area contributed by atoms with Gasteiger partial charge in [-0.2, -0.15) is 0 Å². The zero-order valence-electron chi connectivity index (χ0n) is 16.9. The minimum atomic E-state index is -0.697. The highest BCUT2D eigenvalue weighted by Gasteiger charge is 2.75. The molecule has 3 aliphatic rings. The van der Waals surface area contributed by atoms with Crippen LogP contribution in [0.15, 0.2) is 24.3 Å². The average molecular weight is 452 g/mol. The van der Waals surface area contributed by atoms with E-state index in [0.29, 0.717) is 17.1 Å². The summed E-state index contributed by atoms with van der Waals surface area (Å²) >= 11 is 7.58. The van der Waals surface area contributed by atoms with Gasteiger partial charge in [-0.15, -0.1) is 11.8 Å². The molecule has 0 saturated carbocycles. The predicted molar refractivity (Wildman–Crippen MR) is 116 cm³/mol. The fourth-order valence-corrected chi connectivity index (χ4v) is 8.06. The molecule has 3 fully saturated rings. The normalized spacial score (nSPS) is 34.2. The van der Waals surface area contributed by atoms with Crippen molar-refractivity contribution in [2.24, 2.45) is 17.8 Å². The van der Waals surface area contributed by atoms with Crippen molar-refractivity contribution in [1.29, 1.82) is 0 Å². The van der Waals surface area contributed by atoms with Gasteiger partial charge >= 0.3 is 0 Å². The number of hydrogen-bond acceptors (Lipinski definition) is 5. The van der Waals surface area contributed by atoms with Gasteiger partial charge in [0.15, 0.2) is 0 Å². The van der Waals surface area contributed by atoms with E-state index in [9.17, 15) is 19.5 Å². The number of carbonyl (C=O) groups excluding carboxylic acids is 3. The standard InChI is InChI=1S/C21H26ClN3O4S/c1-11-10-14-15(18(27)23-2)16-20(29)25(8-3-9-26)17(21(11,16)30-14)19(28)24-13-6-4-12(22)5-7-13/h4-7,11,14-17,26H,3,8-10H2,1-2H3,(H,23,27)(H,24,28)/t11?,14-,15+,16-,17?,21?/m0/s1. The van der Waals surface area contributed by atoms with Gasteiger partial charge in [-0.1, -0.05) is 18.5 Å². The van der Waals surface area contributed by atoms with Gasteiger partial charge in [-0.3, -0.25) is 14.4 Å². The molecule has 3 heterocycles. The molecule has 1 aromatic rings. The highest BCUT2D eigenvalue weighted by molar-refractivity contribution is 8.02. The van der Waals surface area contributed by atoms with Crippen LogP contribution in [0.25, 0.3) is 0 Å². The van der Waals surface area contributed by atoms with Crippen molar-refractivity contribution >= 4 is 46.8 Å². The van der Waals surface area contributed by atoms with E-state index in [1.165, 1.54) is 0 Å². The Hall–Kier alpha value is -1.77. The number of aliphatic hydroxyl groups is 1. The molecule has 1 aromatic carbocycles. The zero-order chi connectivity index (χ0) is 21.6. The van der Waals surface area contributed by atoms with Crippen LogP contribution in [0, 0.1) is 17.8 Å². The van der Waals surface area contributed by atoms with Crippen LogP contribution in [0.5, 0.6) is 0 Å². The zero-order valence-corrected chi connectivity index (χ0v) is 18.5. The Morgan fingerprint density at radius 1 is 1.30 bits per heavy atom. The first-order chi connectivity index (χ1) is 14.3. The first-order valence-corrected chi connectivity index (χ1v) is 11.5. The number of fused-ring (bicyclic) bond motifs is 1. The summed E-state index contributed by atoms with van der Waals surface area (Å²) in [5, 5.41) is 15.6. The highest BCUT2D eigenvalue weighted by atomic mass is 35.5. The lowest BCUT2D eigenvalue weighted by atomic mass is 9.66. The van der Waals surface area contributed by atoms with Gasteiger partial charge < -0.3 is 20.6 Å². The molecule has 6 atom stereocenters. The monoisotopic (exact) mass is 451 g/mol. The molecule has 1 spiro atoms. The maximum Gasteiger partial charge on any atom is 0.248 e. The minimum absolute atomic E-state index is 0.0275. The molecule has 3 N–H and O–H groups in total. The molecule has 3 saturated heterocycles. The van der Waals surface area contributed by atoms with Crippen molar-refractivity contribution in [3.05, 3.63) is 29.3 Å². The van der Waals surface area contributed by atoms with Crippen LogP contribution in [-0.2, 0) is 14.4 Å². The van der Waals surface area contributed by atoms with Crippen LogP contribution in [0.4, 0.5) is 5.69 Å². The predicted octanol–water partition coefficient (Wildman–Crippen LogP) is 1.74. The molecule has 7 nitrogen and oxygen atoms in total. The molecule has 0 aliphatic carbocycles. The smallest absolute Gasteiger partial charge is 0.248 e. The van der Waals surface area contributed by atoms with Crippen molar-refractivity contribution < 1.29 is 19.5 Å². The topological polar surface area (TPSA) is 98.7 Å². The van der Waals surface area contributed by atoms with Gasteiger partial charge in [0.2, 0.25) is 17.7 Å². The summed E-state index contributed by atoms with van der Waals surface area (Å²) in [6.07, 6.45) is 1.18.